The largest absolute Gasteiger partial charge is 0.462 e. The van der Waals surface area contributed by atoms with Gasteiger partial charge in [0.25, 0.3) is 0 Å². The van der Waals surface area contributed by atoms with Crippen molar-refractivity contribution in [3.63, 3.8) is 0 Å². The highest BCUT2D eigenvalue weighted by Gasteiger charge is 2.16. The summed E-state index contributed by atoms with van der Waals surface area (Å²) in [5.41, 5.74) is 1.06. The number of amides is 1. The number of carbonyl (C=O) groups is 2. The summed E-state index contributed by atoms with van der Waals surface area (Å²) in [6.07, 6.45) is 1.39. The lowest BCUT2D eigenvalue weighted by Gasteiger charge is -2.10. The molecule has 0 radical (unpaired) electrons. The number of rotatable bonds is 6. The third-order valence-electron chi connectivity index (χ3n) is 2.71. The van der Waals surface area contributed by atoms with Crippen LogP contribution < -0.4 is 5.32 Å². The molecule has 116 valence electrons. The molecule has 1 aromatic carbocycles. The number of aromatic amines is 1. The van der Waals surface area contributed by atoms with Crippen LogP contribution in [0.15, 0.2) is 35.7 Å². The topological polar surface area (TPSA) is 97.0 Å². The number of nitrogens with one attached hydrogen (secondary N) is 2. The van der Waals surface area contributed by atoms with E-state index in [1.54, 1.807) is 38.1 Å². The van der Waals surface area contributed by atoms with Gasteiger partial charge in [-0.05, 0) is 38.1 Å². The average Bonchev–Trinajstić information content (AvgIpc) is 3.01. The molecule has 2 N–H and O–H groups in total. The van der Waals surface area contributed by atoms with Crippen LogP contribution in [0.3, 0.4) is 0 Å². The Morgan fingerprint density at radius 1 is 1.36 bits per heavy atom. The number of hydrogen-bond donors (Lipinski definition) is 2. The molecule has 1 unspecified atom stereocenters. The van der Waals surface area contributed by atoms with Crippen molar-refractivity contribution >= 4 is 29.3 Å². The molecule has 2 aromatic rings. The highest BCUT2D eigenvalue weighted by Crippen LogP contribution is 2.20. The minimum Gasteiger partial charge on any atom is -0.462 e. The second kappa shape index (κ2) is 7.60. The highest BCUT2D eigenvalue weighted by atomic mass is 32.2. The fourth-order valence-electron chi connectivity index (χ4n) is 1.62. The van der Waals surface area contributed by atoms with E-state index in [0.29, 0.717) is 23.0 Å². The lowest BCUT2D eigenvalue weighted by atomic mass is 10.2. The van der Waals surface area contributed by atoms with Crippen molar-refractivity contribution in [1.29, 1.82) is 0 Å². The molecule has 0 aliphatic rings. The smallest absolute Gasteiger partial charge is 0.338 e. The number of ether oxygens (including phenoxy) is 1. The summed E-state index contributed by atoms with van der Waals surface area (Å²) < 4.78 is 4.90. The maximum atomic E-state index is 12.1. The number of aromatic nitrogens is 3. The molecule has 0 saturated heterocycles. The number of hydrogen-bond acceptors (Lipinski definition) is 6. The van der Waals surface area contributed by atoms with Crippen molar-refractivity contribution < 1.29 is 14.3 Å². The van der Waals surface area contributed by atoms with E-state index in [2.05, 4.69) is 20.5 Å². The van der Waals surface area contributed by atoms with Crippen molar-refractivity contribution in [2.24, 2.45) is 0 Å². The number of nitrogens with zero attached hydrogens (tertiary/aromatic N) is 2. The molecule has 7 nitrogen and oxygen atoms in total. The Morgan fingerprint density at radius 3 is 2.68 bits per heavy atom. The van der Waals surface area contributed by atoms with E-state index in [1.807, 2.05) is 0 Å². The zero-order chi connectivity index (χ0) is 15.9. The van der Waals surface area contributed by atoms with Crippen LogP contribution in [0.2, 0.25) is 0 Å². The van der Waals surface area contributed by atoms with Gasteiger partial charge >= 0.3 is 5.97 Å². The minimum absolute atomic E-state index is 0.162. The van der Waals surface area contributed by atoms with E-state index in [-0.39, 0.29) is 17.1 Å². The summed E-state index contributed by atoms with van der Waals surface area (Å²) in [7, 11) is 0. The molecule has 1 aromatic heterocycles. The lowest BCUT2D eigenvalue weighted by Crippen LogP contribution is -2.22. The molecule has 22 heavy (non-hydrogen) atoms. The van der Waals surface area contributed by atoms with Gasteiger partial charge in [0.15, 0.2) is 5.16 Å². The van der Waals surface area contributed by atoms with Gasteiger partial charge in [-0.25, -0.2) is 9.78 Å². The lowest BCUT2D eigenvalue weighted by molar-refractivity contribution is -0.115. The Balaban J connectivity index is 1.92. The van der Waals surface area contributed by atoms with Crippen molar-refractivity contribution in [1.82, 2.24) is 15.2 Å². The van der Waals surface area contributed by atoms with Crippen LogP contribution in [0.5, 0.6) is 0 Å². The molecule has 0 bridgehead atoms. The first-order valence-electron chi connectivity index (χ1n) is 6.70. The van der Waals surface area contributed by atoms with Gasteiger partial charge in [0.2, 0.25) is 5.91 Å². The van der Waals surface area contributed by atoms with Gasteiger partial charge < -0.3 is 10.1 Å². The van der Waals surface area contributed by atoms with Gasteiger partial charge in [0.05, 0.1) is 17.4 Å². The second-order valence-electron chi connectivity index (χ2n) is 4.34. The zero-order valence-electron chi connectivity index (χ0n) is 12.2. The number of thioether (sulfide) groups is 1. The molecule has 0 fully saturated rings. The number of benzene rings is 1. The Hall–Kier alpha value is -2.35. The van der Waals surface area contributed by atoms with Crippen LogP contribution in [0.25, 0.3) is 0 Å². The average molecular weight is 320 g/mol. The van der Waals surface area contributed by atoms with Crippen LogP contribution >= 0.6 is 11.8 Å². The summed E-state index contributed by atoms with van der Waals surface area (Å²) in [5.74, 6) is -0.542. The fourth-order valence-corrected chi connectivity index (χ4v) is 2.33. The number of anilines is 1. The van der Waals surface area contributed by atoms with Crippen LogP contribution in [0.1, 0.15) is 24.2 Å². The van der Waals surface area contributed by atoms with E-state index in [0.717, 1.165) is 0 Å². The quantitative estimate of drug-likeness (QED) is 0.625. The third-order valence-corrected chi connectivity index (χ3v) is 3.70. The van der Waals surface area contributed by atoms with Gasteiger partial charge in [-0.1, -0.05) is 11.8 Å². The van der Waals surface area contributed by atoms with Gasteiger partial charge in [0, 0.05) is 5.69 Å². The molecule has 0 spiro atoms. The van der Waals surface area contributed by atoms with E-state index in [4.69, 9.17) is 4.74 Å². The molecule has 0 aliphatic carbocycles. The summed E-state index contributed by atoms with van der Waals surface area (Å²) in [6, 6.07) is 6.55. The predicted molar refractivity (Wildman–Crippen MR) is 82.7 cm³/mol. The first-order valence-corrected chi connectivity index (χ1v) is 7.58. The summed E-state index contributed by atoms with van der Waals surface area (Å²) in [5, 5.41) is 9.44. The van der Waals surface area contributed by atoms with Gasteiger partial charge in [-0.2, -0.15) is 5.10 Å². The van der Waals surface area contributed by atoms with Crippen LogP contribution in [0.4, 0.5) is 5.69 Å². The molecular formula is C14H16N4O3S. The molecule has 0 aliphatic heterocycles. The zero-order valence-corrected chi connectivity index (χ0v) is 13.0. The molecule has 0 saturated carbocycles. The number of esters is 1. The molecule has 1 atom stereocenters. The molecule has 8 heteroatoms. The number of H-pyrrole nitrogens is 1. The molecule has 2 rings (SSSR count). The monoisotopic (exact) mass is 320 g/mol. The van der Waals surface area contributed by atoms with Crippen LogP contribution in [-0.2, 0) is 9.53 Å². The van der Waals surface area contributed by atoms with Gasteiger partial charge in [-0.15, -0.1) is 0 Å². The first-order chi connectivity index (χ1) is 10.6. The maximum absolute atomic E-state index is 12.1. The maximum Gasteiger partial charge on any atom is 0.338 e. The van der Waals surface area contributed by atoms with E-state index in [9.17, 15) is 9.59 Å². The fraction of sp³-hybridized carbons (Fsp3) is 0.286. The van der Waals surface area contributed by atoms with E-state index >= 15 is 0 Å². The Labute approximate surface area is 131 Å². The van der Waals surface area contributed by atoms with Crippen molar-refractivity contribution in [3.05, 3.63) is 36.2 Å². The van der Waals surface area contributed by atoms with Gasteiger partial charge in [-0.3, -0.25) is 9.89 Å². The standard InChI is InChI=1S/C14H16N4O3S/c1-3-21-13(20)10-4-6-11(7-5-10)17-12(19)9(2)22-14-15-8-16-18-14/h4-9H,3H2,1-2H3,(H,17,19)(H,15,16,18). The summed E-state index contributed by atoms with van der Waals surface area (Å²) in [4.78, 5) is 27.6. The normalized spacial score (nSPS) is 11.7. The van der Waals surface area contributed by atoms with Crippen molar-refractivity contribution in [2.75, 3.05) is 11.9 Å². The van der Waals surface area contributed by atoms with Crippen molar-refractivity contribution in [2.45, 2.75) is 24.3 Å². The Kier molecular flexibility index (Phi) is 5.54. The van der Waals surface area contributed by atoms with Crippen molar-refractivity contribution in [3.8, 4) is 0 Å². The summed E-state index contributed by atoms with van der Waals surface area (Å²) >= 11 is 1.28. The Morgan fingerprint density at radius 2 is 2.09 bits per heavy atom. The number of carbonyl (C=O) groups excluding carboxylic acids is 2. The Bertz CT molecular complexity index is 628. The third kappa shape index (κ3) is 4.32. The SMILES string of the molecule is CCOC(=O)c1ccc(NC(=O)C(C)Sc2ncn[nH]2)cc1. The van der Waals surface area contributed by atoms with Crippen LogP contribution in [0, 0.1) is 0 Å². The minimum atomic E-state index is -0.380. The molecular weight excluding hydrogens is 304 g/mol. The second-order valence-corrected chi connectivity index (χ2v) is 5.67. The highest BCUT2D eigenvalue weighted by molar-refractivity contribution is 8.00. The predicted octanol–water partition coefficient (Wildman–Crippen LogP) is 2.10. The summed E-state index contributed by atoms with van der Waals surface area (Å²) in [6.45, 7) is 3.85. The molecule has 1 heterocycles. The molecule has 1 amide bonds. The van der Waals surface area contributed by atoms with E-state index in [1.165, 1.54) is 18.1 Å². The first kappa shape index (κ1) is 16.0. The van der Waals surface area contributed by atoms with E-state index < -0.39 is 0 Å². The van der Waals surface area contributed by atoms with Crippen LogP contribution in [-0.4, -0.2) is 38.9 Å². The van der Waals surface area contributed by atoms with Gasteiger partial charge in [0.1, 0.15) is 6.33 Å².